The molecule has 6 rings (SSSR count). The Kier molecular flexibility index (Phi) is 7.31. The predicted octanol–water partition coefficient (Wildman–Crippen LogP) is 7.09. The molecule has 4 aromatic rings. The number of fused-ring (bicyclic) bond motifs is 1. The van der Waals surface area contributed by atoms with E-state index in [9.17, 15) is 14.7 Å². The van der Waals surface area contributed by atoms with E-state index in [1.54, 1.807) is 42.5 Å². The Morgan fingerprint density at radius 2 is 1.93 bits per heavy atom. The van der Waals surface area contributed by atoms with Gasteiger partial charge in [0.1, 0.15) is 17.6 Å². The van der Waals surface area contributed by atoms with Crippen LogP contribution in [0, 0.1) is 0 Å². The Hall–Kier alpha value is -3.37. The fourth-order valence-corrected chi connectivity index (χ4v) is 7.21. The summed E-state index contributed by atoms with van der Waals surface area (Å²) in [6, 6.07) is 18.7. The number of aromatic nitrogens is 2. The topological polar surface area (TPSA) is 92.6 Å². The molecule has 7 nitrogen and oxygen atoms in total. The average molecular weight is 611 g/mol. The number of aliphatic hydroxyl groups is 1. The van der Waals surface area contributed by atoms with Gasteiger partial charge in [0.05, 0.1) is 11.6 Å². The van der Waals surface area contributed by atoms with Crippen molar-refractivity contribution in [1.82, 2.24) is 10.2 Å². The second-order valence-electron chi connectivity index (χ2n) is 9.41. The Morgan fingerprint density at radius 1 is 1.10 bits per heavy atom. The SMILES string of the molecule is C[C@H]1Cc2cc(/C(O)=C3\C(=O)C(=O)N(c4nnc(SCc5ccccc5Cl)s4)[C@@H]3c3cccc(Cl)c3)ccc2O1. The highest BCUT2D eigenvalue weighted by molar-refractivity contribution is 8.00. The number of amides is 1. The highest BCUT2D eigenvalue weighted by Crippen LogP contribution is 2.45. The molecule has 0 saturated carbocycles. The van der Waals surface area contributed by atoms with Crippen molar-refractivity contribution >= 4 is 68.9 Å². The number of carbonyl (C=O) groups is 2. The van der Waals surface area contributed by atoms with Gasteiger partial charge in [0, 0.05) is 27.8 Å². The van der Waals surface area contributed by atoms with Crippen LogP contribution in [0.1, 0.15) is 35.2 Å². The smallest absolute Gasteiger partial charge is 0.301 e. The van der Waals surface area contributed by atoms with Gasteiger partial charge in [0.25, 0.3) is 5.78 Å². The molecule has 1 aromatic heterocycles. The van der Waals surface area contributed by atoms with Crippen LogP contribution in [0.3, 0.4) is 0 Å². The molecule has 1 saturated heterocycles. The summed E-state index contributed by atoms with van der Waals surface area (Å²) >= 11 is 15.2. The van der Waals surface area contributed by atoms with Gasteiger partial charge in [-0.1, -0.05) is 76.6 Å². The molecule has 1 amide bonds. The molecule has 1 fully saturated rings. The van der Waals surface area contributed by atoms with Gasteiger partial charge in [0.15, 0.2) is 4.34 Å². The molecule has 202 valence electrons. The molecule has 0 aliphatic carbocycles. The lowest BCUT2D eigenvalue weighted by molar-refractivity contribution is -0.132. The lowest BCUT2D eigenvalue weighted by atomic mass is 9.94. The van der Waals surface area contributed by atoms with E-state index in [-0.39, 0.29) is 22.6 Å². The van der Waals surface area contributed by atoms with E-state index in [4.69, 9.17) is 27.9 Å². The van der Waals surface area contributed by atoms with Crippen LogP contribution in [0.5, 0.6) is 5.75 Å². The number of rotatable bonds is 6. The Bertz CT molecular complexity index is 1690. The van der Waals surface area contributed by atoms with Crippen LogP contribution in [0.2, 0.25) is 10.0 Å². The molecular weight excluding hydrogens is 589 g/mol. The van der Waals surface area contributed by atoms with Gasteiger partial charge in [-0.15, -0.1) is 10.2 Å². The molecule has 2 atom stereocenters. The third-order valence-electron chi connectivity index (χ3n) is 6.69. The summed E-state index contributed by atoms with van der Waals surface area (Å²) in [7, 11) is 0. The lowest BCUT2D eigenvalue weighted by Crippen LogP contribution is -2.29. The van der Waals surface area contributed by atoms with E-state index < -0.39 is 17.7 Å². The molecular formula is C29H21Cl2N3O4S2. The quantitative estimate of drug-likeness (QED) is 0.0820. The normalized spacial score (nSPS) is 19.6. The van der Waals surface area contributed by atoms with Gasteiger partial charge in [-0.05, 0) is 60.0 Å². The molecule has 11 heteroatoms. The molecule has 0 radical (unpaired) electrons. The zero-order valence-electron chi connectivity index (χ0n) is 21.0. The summed E-state index contributed by atoms with van der Waals surface area (Å²) in [6.45, 7) is 1.97. The number of ketones is 1. The summed E-state index contributed by atoms with van der Waals surface area (Å²) in [5.74, 6) is -0.583. The fraction of sp³-hybridized carbons (Fsp3) is 0.172. The minimum Gasteiger partial charge on any atom is -0.507 e. The van der Waals surface area contributed by atoms with Crippen LogP contribution in [-0.4, -0.2) is 33.1 Å². The van der Waals surface area contributed by atoms with Gasteiger partial charge in [-0.3, -0.25) is 14.5 Å². The van der Waals surface area contributed by atoms with Gasteiger partial charge < -0.3 is 9.84 Å². The standard InChI is InChI=1S/C29H21Cl2N3O4S2/c1-15-11-19-12-17(9-10-22(19)38-15)25(35)23-24(16-6-4-7-20(30)13-16)34(27(37)26(23)36)28-32-33-29(40-28)39-14-18-5-2-3-8-21(18)31/h2-10,12-13,15,24,35H,11,14H2,1H3/b25-23+/t15-,24+/m0/s1. The molecule has 3 heterocycles. The number of aliphatic hydroxyl groups excluding tert-OH is 1. The monoisotopic (exact) mass is 609 g/mol. The summed E-state index contributed by atoms with van der Waals surface area (Å²) in [6.07, 6.45) is 0.703. The van der Waals surface area contributed by atoms with Gasteiger partial charge >= 0.3 is 5.91 Å². The van der Waals surface area contributed by atoms with Crippen LogP contribution in [-0.2, 0) is 21.8 Å². The maximum absolute atomic E-state index is 13.5. The molecule has 2 aliphatic rings. The second kappa shape index (κ2) is 10.9. The number of hydrogen-bond acceptors (Lipinski definition) is 8. The highest BCUT2D eigenvalue weighted by Gasteiger charge is 2.48. The molecule has 1 N–H and O–H groups in total. The van der Waals surface area contributed by atoms with E-state index in [1.807, 2.05) is 31.2 Å². The molecule has 40 heavy (non-hydrogen) atoms. The predicted molar refractivity (Wildman–Crippen MR) is 157 cm³/mol. The number of halogens is 2. The summed E-state index contributed by atoms with van der Waals surface area (Å²) in [5.41, 5.74) is 2.81. The van der Waals surface area contributed by atoms with Crippen molar-refractivity contribution in [3.63, 3.8) is 0 Å². The zero-order chi connectivity index (χ0) is 28.0. The average Bonchev–Trinajstić information content (AvgIpc) is 3.63. The first-order chi connectivity index (χ1) is 19.3. The summed E-state index contributed by atoms with van der Waals surface area (Å²) in [4.78, 5) is 28.2. The maximum atomic E-state index is 13.5. The maximum Gasteiger partial charge on any atom is 0.301 e. The van der Waals surface area contributed by atoms with Crippen molar-refractivity contribution in [3.8, 4) is 5.75 Å². The Labute approximate surface area is 248 Å². The van der Waals surface area contributed by atoms with Crippen molar-refractivity contribution in [2.45, 2.75) is 35.6 Å². The number of thioether (sulfide) groups is 1. The third-order valence-corrected chi connectivity index (χ3v) is 9.40. The van der Waals surface area contributed by atoms with Crippen LogP contribution < -0.4 is 9.64 Å². The van der Waals surface area contributed by atoms with E-state index in [0.717, 1.165) is 16.9 Å². The molecule has 3 aromatic carbocycles. The number of ether oxygens (including phenoxy) is 1. The summed E-state index contributed by atoms with van der Waals surface area (Å²) < 4.78 is 6.38. The van der Waals surface area contributed by atoms with Crippen molar-refractivity contribution < 1.29 is 19.4 Å². The Morgan fingerprint density at radius 3 is 2.73 bits per heavy atom. The molecule has 0 spiro atoms. The van der Waals surface area contributed by atoms with Crippen LogP contribution in [0.4, 0.5) is 5.13 Å². The first-order valence-corrected chi connectivity index (χ1v) is 14.9. The van der Waals surface area contributed by atoms with E-state index in [2.05, 4.69) is 10.2 Å². The minimum absolute atomic E-state index is 0.0202. The van der Waals surface area contributed by atoms with Gasteiger partial charge in [-0.25, -0.2) is 0 Å². The highest BCUT2D eigenvalue weighted by atomic mass is 35.5. The van der Waals surface area contributed by atoms with Crippen molar-refractivity contribution in [1.29, 1.82) is 0 Å². The number of Topliss-reactive ketones (excluding diaryl/α,β-unsaturated/α-hetero) is 1. The number of nitrogens with zero attached hydrogens (tertiary/aromatic N) is 3. The van der Waals surface area contributed by atoms with Crippen LogP contribution in [0.15, 0.2) is 76.6 Å². The van der Waals surface area contributed by atoms with Crippen molar-refractivity contribution in [2.24, 2.45) is 0 Å². The largest absolute Gasteiger partial charge is 0.507 e. The second-order valence-corrected chi connectivity index (χ2v) is 12.4. The van der Waals surface area contributed by atoms with E-state index >= 15 is 0 Å². The number of benzene rings is 3. The fourth-order valence-electron chi connectivity index (χ4n) is 4.86. The number of hydrogen-bond donors (Lipinski definition) is 1. The third kappa shape index (κ3) is 4.99. The van der Waals surface area contributed by atoms with Crippen LogP contribution in [0.25, 0.3) is 5.76 Å². The Balaban J connectivity index is 1.39. The number of carbonyl (C=O) groups excluding carboxylic acids is 2. The van der Waals surface area contributed by atoms with Crippen molar-refractivity contribution in [2.75, 3.05) is 4.90 Å². The molecule has 0 bridgehead atoms. The van der Waals surface area contributed by atoms with E-state index in [0.29, 0.717) is 37.7 Å². The molecule has 0 unspecified atom stereocenters. The first-order valence-electron chi connectivity index (χ1n) is 12.4. The molecule has 2 aliphatic heterocycles. The lowest BCUT2D eigenvalue weighted by Gasteiger charge is -2.22. The number of anilines is 1. The van der Waals surface area contributed by atoms with Gasteiger partial charge in [-0.2, -0.15) is 0 Å². The first kappa shape index (κ1) is 26.8. The van der Waals surface area contributed by atoms with Crippen LogP contribution >= 0.6 is 46.3 Å². The zero-order valence-corrected chi connectivity index (χ0v) is 24.2. The van der Waals surface area contributed by atoms with Gasteiger partial charge in [0.2, 0.25) is 5.13 Å². The summed E-state index contributed by atoms with van der Waals surface area (Å²) in [5, 5.41) is 21.3. The van der Waals surface area contributed by atoms with Crippen molar-refractivity contribution in [3.05, 3.63) is 105 Å². The van der Waals surface area contributed by atoms with E-state index in [1.165, 1.54) is 28.0 Å². The minimum atomic E-state index is -0.948.